The van der Waals surface area contributed by atoms with Crippen LogP contribution in [0, 0.1) is 6.92 Å². The van der Waals surface area contributed by atoms with Crippen LogP contribution in [-0.4, -0.2) is 44.7 Å². The predicted molar refractivity (Wildman–Crippen MR) is 135 cm³/mol. The average Bonchev–Trinajstić information content (AvgIpc) is 3.34. The molecule has 1 fully saturated rings. The van der Waals surface area contributed by atoms with Crippen LogP contribution in [0.2, 0.25) is 5.02 Å². The molecule has 0 aliphatic carbocycles. The van der Waals surface area contributed by atoms with Crippen LogP contribution < -0.4 is 9.04 Å². The first-order valence-corrected chi connectivity index (χ1v) is 13.2. The number of benzene rings is 3. The van der Waals surface area contributed by atoms with Gasteiger partial charge in [0.25, 0.3) is 10.0 Å². The molecule has 0 spiro atoms. The number of aromatic hydroxyl groups is 1. The summed E-state index contributed by atoms with van der Waals surface area (Å²) in [6.07, 6.45) is 2.48. The third-order valence-corrected chi connectivity index (χ3v) is 8.13. The first-order chi connectivity index (χ1) is 16.3. The van der Waals surface area contributed by atoms with Crippen molar-refractivity contribution in [2.75, 3.05) is 30.5 Å². The number of rotatable bonds is 9. The molecule has 3 aromatic rings. The Morgan fingerprint density at radius 1 is 1.00 bits per heavy atom. The highest BCUT2D eigenvalue weighted by Crippen LogP contribution is 2.31. The Hall–Kier alpha value is -2.74. The number of nitrogens with zero attached hydrogens (tertiary/aromatic N) is 2. The van der Waals surface area contributed by atoms with Gasteiger partial charge in [0.15, 0.2) is 0 Å². The van der Waals surface area contributed by atoms with E-state index in [9.17, 15) is 13.5 Å². The van der Waals surface area contributed by atoms with Crippen molar-refractivity contribution < 1.29 is 18.3 Å². The van der Waals surface area contributed by atoms with Gasteiger partial charge < -0.3 is 9.84 Å². The molecule has 1 saturated heterocycles. The number of anilines is 1. The largest absolute Gasteiger partial charge is 0.508 e. The summed E-state index contributed by atoms with van der Waals surface area (Å²) in [7, 11) is -3.92. The molecule has 6 nitrogen and oxygen atoms in total. The van der Waals surface area contributed by atoms with Gasteiger partial charge in [-0.05, 0) is 92.5 Å². The third-order valence-electron chi connectivity index (χ3n) is 5.98. The number of phenols is 1. The van der Waals surface area contributed by atoms with Crippen molar-refractivity contribution in [2.24, 2.45) is 0 Å². The van der Waals surface area contributed by atoms with E-state index in [2.05, 4.69) is 4.90 Å². The van der Waals surface area contributed by atoms with Crippen LogP contribution in [0.1, 0.15) is 24.0 Å². The number of sulfonamides is 1. The van der Waals surface area contributed by atoms with Gasteiger partial charge in [-0.25, -0.2) is 8.42 Å². The zero-order valence-electron chi connectivity index (χ0n) is 19.2. The van der Waals surface area contributed by atoms with E-state index >= 15 is 0 Å². The maximum atomic E-state index is 13.8. The van der Waals surface area contributed by atoms with Gasteiger partial charge in [-0.2, -0.15) is 0 Å². The second-order valence-electron chi connectivity index (χ2n) is 8.48. The standard InChI is InChI=1S/C26H29ClN2O4S/c1-20-4-7-22(27)18-26(20)34(31,32)29(19-21-5-10-24(30)11-6-21)23-8-12-25(13-9-23)33-17-16-28-14-2-3-15-28/h4-13,18,30H,2-3,14-17,19H2,1H3. The Morgan fingerprint density at radius 3 is 2.35 bits per heavy atom. The van der Waals surface area contributed by atoms with Crippen LogP contribution in [0.4, 0.5) is 5.69 Å². The quantitative estimate of drug-likeness (QED) is 0.436. The Morgan fingerprint density at radius 2 is 1.68 bits per heavy atom. The lowest BCUT2D eigenvalue weighted by atomic mass is 10.2. The average molecular weight is 501 g/mol. The molecule has 0 radical (unpaired) electrons. The molecule has 34 heavy (non-hydrogen) atoms. The fourth-order valence-corrected chi connectivity index (χ4v) is 6.00. The maximum absolute atomic E-state index is 13.8. The summed E-state index contributed by atoms with van der Waals surface area (Å²) < 4.78 is 34.8. The topological polar surface area (TPSA) is 70.1 Å². The summed E-state index contributed by atoms with van der Waals surface area (Å²) in [6, 6.07) is 18.5. The van der Waals surface area contributed by atoms with E-state index in [1.165, 1.54) is 23.2 Å². The van der Waals surface area contributed by atoms with Crippen LogP contribution >= 0.6 is 11.6 Å². The summed E-state index contributed by atoms with van der Waals surface area (Å²) in [4.78, 5) is 2.54. The zero-order chi connectivity index (χ0) is 24.1. The second-order valence-corrected chi connectivity index (χ2v) is 10.7. The number of halogens is 1. The van der Waals surface area contributed by atoms with Gasteiger partial charge in [0.2, 0.25) is 0 Å². The molecular formula is C26H29ClN2O4S. The smallest absolute Gasteiger partial charge is 0.264 e. The fourth-order valence-electron chi connectivity index (χ4n) is 4.06. The predicted octanol–water partition coefficient (Wildman–Crippen LogP) is 5.22. The molecule has 1 aliphatic heterocycles. The van der Waals surface area contributed by atoms with E-state index in [0.29, 0.717) is 28.6 Å². The lowest BCUT2D eigenvalue weighted by molar-refractivity contribution is 0.238. The summed E-state index contributed by atoms with van der Waals surface area (Å²) in [5, 5.41) is 9.98. The first kappa shape index (κ1) is 24.4. The van der Waals surface area contributed by atoms with Crippen molar-refractivity contribution in [3.8, 4) is 11.5 Å². The molecule has 0 amide bonds. The van der Waals surface area contributed by atoms with Crippen molar-refractivity contribution in [3.63, 3.8) is 0 Å². The summed E-state index contributed by atoms with van der Waals surface area (Å²) in [6.45, 7) is 5.57. The van der Waals surface area contributed by atoms with E-state index < -0.39 is 10.0 Å². The molecule has 180 valence electrons. The van der Waals surface area contributed by atoms with Crippen molar-refractivity contribution in [2.45, 2.75) is 31.2 Å². The summed E-state index contributed by atoms with van der Waals surface area (Å²) >= 11 is 6.14. The molecule has 8 heteroatoms. The Bertz CT molecular complexity index is 1210. The number of phenolic OH excluding ortho intramolecular Hbond substituents is 1. The van der Waals surface area contributed by atoms with Gasteiger partial charge in [0.05, 0.1) is 17.1 Å². The van der Waals surface area contributed by atoms with Gasteiger partial charge in [-0.1, -0.05) is 29.8 Å². The van der Waals surface area contributed by atoms with Gasteiger partial charge >= 0.3 is 0 Å². The highest BCUT2D eigenvalue weighted by molar-refractivity contribution is 7.92. The Kier molecular flexibility index (Phi) is 7.66. The van der Waals surface area contributed by atoms with Crippen LogP contribution in [0.15, 0.2) is 71.6 Å². The fraction of sp³-hybridized carbons (Fsp3) is 0.308. The Balaban J connectivity index is 1.59. The van der Waals surface area contributed by atoms with Gasteiger partial charge in [-0.3, -0.25) is 9.21 Å². The van der Waals surface area contributed by atoms with E-state index in [4.69, 9.17) is 16.3 Å². The molecule has 0 aromatic heterocycles. The van der Waals surface area contributed by atoms with E-state index in [0.717, 1.165) is 25.2 Å². The molecule has 1 aliphatic rings. The molecule has 0 unspecified atom stereocenters. The highest BCUT2D eigenvalue weighted by atomic mass is 35.5. The van der Waals surface area contributed by atoms with Crippen LogP contribution in [0.3, 0.4) is 0 Å². The Labute approximate surface area is 206 Å². The highest BCUT2D eigenvalue weighted by Gasteiger charge is 2.27. The van der Waals surface area contributed by atoms with Crippen LogP contribution in [0.25, 0.3) is 0 Å². The SMILES string of the molecule is Cc1ccc(Cl)cc1S(=O)(=O)N(Cc1ccc(O)cc1)c1ccc(OCCN2CCCC2)cc1. The van der Waals surface area contributed by atoms with Crippen molar-refractivity contribution in [3.05, 3.63) is 82.9 Å². The molecule has 3 aromatic carbocycles. The molecule has 0 saturated carbocycles. The molecule has 1 heterocycles. The van der Waals surface area contributed by atoms with Crippen LogP contribution in [0.5, 0.6) is 11.5 Å². The van der Waals surface area contributed by atoms with Gasteiger partial charge in [0, 0.05) is 11.6 Å². The van der Waals surface area contributed by atoms with Crippen molar-refractivity contribution >= 4 is 27.3 Å². The molecule has 4 rings (SSSR count). The molecule has 0 atom stereocenters. The number of aryl methyl sites for hydroxylation is 1. The maximum Gasteiger partial charge on any atom is 0.264 e. The molecule has 0 bridgehead atoms. The zero-order valence-corrected chi connectivity index (χ0v) is 20.7. The van der Waals surface area contributed by atoms with E-state index in [-0.39, 0.29) is 17.2 Å². The monoisotopic (exact) mass is 500 g/mol. The number of hydrogen-bond acceptors (Lipinski definition) is 5. The number of likely N-dealkylation sites (tertiary alicyclic amines) is 1. The van der Waals surface area contributed by atoms with Crippen molar-refractivity contribution in [1.82, 2.24) is 4.90 Å². The minimum Gasteiger partial charge on any atom is -0.508 e. The van der Waals surface area contributed by atoms with Gasteiger partial charge in [-0.15, -0.1) is 0 Å². The van der Waals surface area contributed by atoms with E-state index in [1.54, 1.807) is 67.6 Å². The van der Waals surface area contributed by atoms with E-state index in [1.807, 2.05) is 0 Å². The molecular weight excluding hydrogens is 472 g/mol. The summed E-state index contributed by atoms with van der Waals surface area (Å²) in [5.74, 6) is 0.822. The minimum absolute atomic E-state index is 0.101. The minimum atomic E-state index is -3.92. The first-order valence-electron chi connectivity index (χ1n) is 11.3. The van der Waals surface area contributed by atoms with Crippen molar-refractivity contribution in [1.29, 1.82) is 0 Å². The normalized spacial score (nSPS) is 14.3. The summed E-state index contributed by atoms with van der Waals surface area (Å²) in [5.41, 5.74) is 1.87. The third kappa shape index (κ3) is 5.84. The lowest BCUT2D eigenvalue weighted by Gasteiger charge is -2.26. The number of ether oxygens (including phenoxy) is 1. The van der Waals surface area contributed by atoms with Gasteiger partial charge in [0.1, 0.15) is 18.1 Å². The number of hydrogen-bond donors (Lipinski definition) is 1. The lowest BCUT2D eigenvalue weighted by Crippen LogP contribution is -2.31. The van der Waals surface area contributed by atoms with Crippen LogP contribution in [-0.2, 0) is 16.6 Å². The second kappa shape index (κ2) is 10.7. The molecule has 1 N–H and O–H groups in total.